The number of hydrogen-bond acceptors (Lipinski definition) is 5. The molecule has 0 unspecified atom stereocenters. The Kier molecular flexibility index (Phi) is 3.93. The van der Waals surface area contributed by atoms with Gasteiger partial charge in [-0.3, -0.25) is 9.78 Å². The molecule has 6 heteroatoms. The van der Waals surface area contributed by atoms with E-state index in [1.54, 1.807) is 4.90 Å². The molecule has 6 rings (SSSR count). The molecule has 3 aromatic rings. The summed E-state index contributed by atoms with van der Waals surface area (Å²) in [5.74, 6) is 1.26. The number of fused-ring (bicyclic) bond motifs is 4. The summed E-state index contributed by atoms with van der Waals surface area (Å²) in [7, 11) is 6.14. The van der Waals surface area contributed by atoms with Gasteiger partial charge in [-0.05, 0) is 56.8 Å². The van der Waals surface area contributed by atoms with Crippen molar-refractivity contribution in [3.63, 3.8) is 0 Å². The van der Waals surface area contributed by atoms with E-state index in [1.165, 1.54) is 5.56 Å². The van der Waals surface area contributed by atoms with Crippen LogP contribution in [0.3, 0.4) is 0 Å². The van der Waals surface area contributed by atoms with Gasteiger partial charge in [0.15, 0.2) is 0 Å². The molecule has 2 aromatic heterocycles. The molecule has 3 aliphatic rings. The molecule has 1 amide bonds. The second-order valence-electron chi connectivity index (χ2n) is 9.48. The Bertz CT molecular complexity index is 1190. The summed E-state index contributed by atoms with van der Waals surface area (Å²) in [6.07, 6.45) is 6.82. The minimum absolute atomic E-state index is 0.227. The average molecular weight is 414 g/mol. The lowest BCUT2D eigenvalue weighted by Gasteiger charge is -2.43. The fourth-order valence-electron chi connectivity index (χ4n) is 5.36. The number of nitrogens with zero attached hydrogens (tertiary/aromatic N) is 5. The molecule has 1 saturated heterocycles. The number of benzene rings is 1. The summed E-state index contributed by atoms with van der Waals surface area (Å²) < 4.78 is 0. The van der Waals surface area contributed by atoms with Crippen molar-refractivity contribution in [1.29, 1.82) is 0 Å². The van der Waals surface area contributed by atoms with Crippen LogP contribution < -0.4 is 9.80 Å². The molecule has 6 nitrogen and oxygen atoms in total. The molecule has 158 valence electrons. The van der Waals surface area contributed by atoms with Crippen LogP contribution in [0.4, 0.5) is 11.5 Å². The molecule has 0 N–H and O–H groups in total. The smallest absolute Gasteiger partial charge is 0.237 e. The van der Waals surface area contributed by atoms with Crippen LogP contribution >= 0.6 is 0 Å². The number of carbonyl (C=O) groups is 1. The fourth-order valence-corrected chi connectivity index (χ4v) is 5.36. The summed E-state index contributed by atoms with van der Waals surface area (Å²) in [5, 5.41) is 1.10. The first-order chi connectivity index (χ1) is 15.0. The normalized spacial score (nSPS) is 19.8. The first kappa shape index (κ1) is 18.8. The van der Waals surface area contributed by atoms with Crippen LogP contribution in [0.15, 0.2) is 42.7 Å². The minimum atomic E-state index is -0.341. The number of amides is 1. The summed E-state index contributed by atoms with van der Waals surface area (Å²) in [6.45, 7) is 2.05. The van der Waals surface area contributed by atoms with Crippen molar-refractivity contribution in [1.82, 2.24) is 14.9 Å². The number of carbonyl (C=O) groups excluding carboxylic acids is 1. The highest BCUT2D eigenvalue weighted by molar-refractivity contribution is 6.13. The van der Waals surface area contributed by atoms with Gasteiger partial charge in [-0.15, -0.1) is 0 Å². The quantitative estimate of drug-likeness (QED) is 0.658. The molecule has 0 atom stereocenters. The zero-order valence-electron chi connectivity index (χ0n) is 18.3. The second-order valence-corrected chi connectivity index (χ2v) is 9.48. The molecular formula is C25H27N5O. The molecule has 1 spiro atoms. The molecule has 2 aliphatic heterocycles. The predicted molar refractivity (Wildman–Crippen MR) is 124 cm³/mol. The Balaban J connectivity index is 1.37. The maximum Gasteiger partial charge on any atom is 0.237 e. The second kappa shape index (κ2) is 6.50. The van der Waals surface area contributed by atoms with Gasteiger partial charge in [0.2, 0.25) is 5.91 Å². The SMILES string of the molecule is CN1C(=O)C2(CCC2)c2c1cnc1ccc(-c3ccc(N4CC(N(C)C)C4)nc3)cc21. The first-order valence-electron chi connectivity index (χ1n) is 11.1. The van der Waals surface area contributed by atoms with Gasteiger partial charge in [0.25, 0.3) is 0 Å². The van der Waals surface area contributed by atoms with Gasteiger partial charge in [-0.25, -0.2) is 4.98 Å². The Labute approximate surface area is 182 Å². The molecule has 0 radical (unpaired) electrons. The van der Waals surface area contributed by atoms with Crippen molar-refractivity contribution >= 4 is 28.3 Å². The molecule has 0 bridgehead atoms. The van der Waals surface area contributed by atoms with Gasteiger partial charge in [-0.1, -0.05) is 12.5 Å². The largest absolute Gasteiger partial charge is 0.353 e. The zero-order valence-corrected chi connectivity index (χ0v) is 18.3. The first-order valence-corrected chi connectivity index (χ1v) is 11.1. The number of hydrogen-bond donors (Lipinski definition) is 0. The van der Waals surface area contributed by atoms with E-state index < -0.39 is 0 Å². The van der Waals surface area contributed by atoms with Crippen molar-refractivity contribution in [2.75, 3.05) is 44.0 Å². The van der Waals surface area contributed by atoms with E-state index in [9.17, 15) is 4.79 Å². The average Bonchev–Trinajstić information content (AvgIpc) is 2.94. The van der Waals surface area contributed by atoms with Crippen molar-refractivity contribution < 1.29 is 4.79 Å². The number of likely N-dealkylation sites (N-methyl/N-ethyl adjacent to an activating group) is 2. The topological polar surface area (TPSA) is 52.6 Å². The third-order valence-electron chi connectivity index (χ3n) is 7.61. The van der Waals surface area contributed by atoms with E-state index in [4.69, 9.17) is 4.98 Å². The number of rotatable bonds is 3. The van der Waals surface area contributed by atoms with Crippen molar-refractivity contribution in [2.24, 2.45) is 0 Å². The van der Waals surface area contributed by atoms with Gasteiger partial charge in [0, 0.05) is 48.9 Å². The Morgan fingerprint density at radius 1 is 1.03 bits per heavy atom. The third-order valence-corrected chi connectivity index (χ3v) is 7.61. The van der Waals surface area contributed by atoms with Crippen LogP contribution in [0.5, 0.6) is 0 Å². The van der Waals surface area contributed by atoms with Crippen LogP contribution in [0.1, 0.15) is 24.8 Å². The number of aromatic nitrogens is 2. The Morgan fingerprint density at radius 3 is 2.45 bits per heavy atom. The standard InChI is InChI=1S/C25H27N5O/c1-28(2)18-14-30(15-18)22-8-6-17(12-27-22)16-5-7-20-19(11-16)23-21(13-26-20)29(3)24(31)25(23)9-4-10-25/h5-8,11-13,18H,4,9-10,14-15H2,1-3H3. The van der Waals surface area contributed by atoms with Crippen LogP contribution in [0.2, 0.25) is 0 Å². The summed E-state index contributed by atoms with van der Waals surface area (Å²) in [4.78, 5) is 28.8. The van der Waals surface area contributed by atoms with Crippen LogP contribution in [0.25, 0.3) is 22.0 Å². The molecule has 1 saturated carbocycles. The molecule has 4 heterocycles. The van der Waals surface area contributed by atoms with E-state index in [1.807, 2.05) is 19.4 Å². The Hall–Kier alpha value is -2.99. The highest BCUT2D eigenvalue weighted by Crippen LogP contribution is 2.55. The summed E-state index contributed by atoms with van der Waals surface area (Å²) >= 11 is 0. The van der Waals surface area contributed by atoms with Gasteiger partial charge in [-0.2, -0.15) is 0 Å². The lowest BCUT2D eigenvalue weighted by molar-refractivity contribution is -0.125. The fraction of sp³-hybridized carbons (Fsp3) is 0.400. The Morgan fingerprint density at radius 2 is 1.81 bits per heavy atom. The van der Waals surface area contributed by atoms with Crippen LogP contribution in [-0.2, 0) is 10.2 Å². The molecule has 31 heavy (non-hydrogen) atoms. The van der Waals surface area contributed by atoms with Gasteiger partial charge in [0.1, 0.15) is 5.82 Å². The van der Waals surface area contributed by atoms with Gasteiger partial charge < -0.3 is 14.7 Å². The van der Waals surface area contributed by atoms with Crippen molar-refractivity contribution in [3.05, 3.63) is 48.3 Å². The van der Waals surface area contributed by atoms with Gasteiger partial charge in [0.05, 0.1) is 22.8 Å². The number of anilines is 2. The maximum atomic E-state index is 13.0. The van der Waals surface area contributed by atoms with E-state index in [2.05, 4.69) is 59.2 Å². The predicted octanol–water partition coefficient (Wildman–Crippen LogP) is 3.45. The highest BCUT2D eigenvalue weighted by atomic mass is 16.2. The lowest BCUT2D eigenvalue weighted by Crippen LogP contribution is -2.57. The van der Waals surface area contributed by atoms with E-state index in [-0.39, 0.29) is 11.3 Å². The van der Waals surface area contributed by atoms with Crippen LogP contribution in [0, 0.1) is 0 Å². The summed E-state index contributed by atoms with van der Waals surface area (Å²) in [5.41, 5.74) is 4.97. The van der Waals surface area contributed by atoms with E-state index >= 15 is 0 Å². The monoisotopic (exact) mass is 413 g/mol. The highest BCUT2D eigenvalue weighted by Gasteiger charge is 2.54. The van der Waals surface area contributed by atoms with E-state index in [0.29, 0.717) is 6.04 Å². The van der Waals surface area contributed by atoms with Crippen molar-refractivity contribution in [2.45, 2.75) is 30.7 Å². The summed E-state index contributed by atoms with van der Waals surface area (Å²) in [6, 6.07) is 11.3. The third kappa shape index (κ3) is 2.57. The minimum Gasteiger partial charge on any atom is -0.353 e. The van der Waals surface area contributed by atoms with Gasteiger partial charge >= 0.3 is 0 Å². The lowest BCUT2D eigenvalue weighted by atomic mass is 9.64. The van der Waals surface area contributed by atoms with Crippen LogP contribution in [-0.4, -0.2) is 61.0 Å². The maximum absolute atomic E-state index is 13.0. The van der Waals surface area contributed by atoms with Crippen molar-refractivity contribution in [3.8, 4) is 11.1 Å². The molecule has 1 aliphatic carbocycles. The molecule has 1 aromatic carbocycles. The number of pyridine rings is 2. The zero-order chi connectivity index (χ0) is 21.3. The molecule has 2 fully saturated rings. The molecular weight excluding hydrogens is 386 g/mol. The van der Waals surface area contributed by atoms with E-state index in [0.717, 1.165) is 65.9 Å².